The van der Waals surface area contributed by atoms with Crippen LogP contribution in [0.3, 0.4) is 0 Å². The molecular formula is C14H10BrClN2O3. The van der Waals surface area contributed by atoms with E-state index in [4.69, 9.17) is 21.1 Å². The fourth-order valence-electron chi connectivity index (χ4n) is 1.89. The van der Waals surface area contributed by atoms with Gasteiger partial charge in [0.15, 0.2) is 11.5 Å². The smallest absolute Gasteiger partial charge is 0.275 e. The van der Waals surface area contributed by atoms with Gasteiger partial charge in [-0.1, -0.05) is 11.6 Å². The monoisotopic (exact) mass is 368 g/mol. The lowest BCUT2D eigenvalue weighted by molar-refractivity contribution is 0.102. The number of anilines is 1. The van der Waals surface area contributed by atoms with Gasteiger partial charge >= 0.3 is 0 Å². The number of fused-ring (bicyclic) bond motifs is 1. The minimum atomic E-state index is -0.360. The summed E-state index contributed by atoms with van der Waals surface area (Å²) in [6, 6.07) is 6.75. The lowest BCUT2D eigenvalue weighted by atomic mass is 10.2. The van der Waals surface area contributed by atoms with Crippen LogP contribution in [0.4, 0.5) is 5.69 Å². The average molecular weight is 370 g/mol. The molecule has 2 heterocycles. The summed E-state index contributed by atoms with van der Waals surface area (Å²) in [6.45, 7) is 0.948. The normalized spacial score (nSPS) is 12.9. The van der Waals surface area contributed by atoms with Gasteiger partial charge in [-0.05, 0) is 28.1 Å². The van der Waals surface area contributed by atoms with Gasteiger partial charge in [-0.15, -0.1) is 0 Å². The molecule has 108 valence electrons. The summed E-state index contributed by atoms with van der Waals surface area (Å²) < 4.78 is 11.5. The molecule has 1 aliphatic heterocycles. The zero-order valence-electron chi connectivity index (χ0n) is 10.7. The van der Waals surface area contributed by atoms with Gasteiger partial charge in [0, 0.05) is 22.8 Å². The minimum Gasteiger partial charge on any atom is -0.486 e. The molecule has 1 aliphatic rings. The van der Waals surface area contributed by atoms with Gasteiger partial charge in [-0.3, -0.25) is 4.79 Å². The molecule has 0 spiro atoms. The van der Waals surface area contributed by atoms with E-state index in [-0.39, 0.29) is 11.6 Å². The van der Waals surface area contributed by atoms with Crippen molar-refractivity contribution in [1.29, 1.82) is 0 Å². The molecule has 1 aromatic carbocycles. The number of halogens is 2. The van der Waals surface area contributed by atoms with Crippen molar-refractivity contribution in [2.24, 2.45) is 0 Å². The maximum atomic E-state index is 12.2. The number of nitrogens with zero attached hydrogens (tertiary/aromatic N) is 1. The predicted octanol–water partition coefficient (Wildman–Crippen LogP) is 3.52. The van der Waals surface area contributed by atoms with Crippen molar-refractivity contribution >= 4 is 39.1 Å². The Morgan fingerprint density at radius 2 is 2.00 bits per heavy atom. The summed E-state index contributed by atoms with van der Waals surface area (Å²) in [5.74, 6) is 0.769. The number of carbonyl (C=O) groups excluding carboxylic acids is 1. The zero-order chi connectivity index (χ0) is 14.8. The number of hydrogen-bond acceptors (Lipinski definition) is 4. The lowest BCUT2D eigenvalue weighted by Crippen LogP contribution is -2.17. The third-order valence-electron chi connectivity index (χ3n) is 2.85. The van der Waals surface area contributed by atoms with E-state index >= 15 is 0 Å². The average Bonchev–Trinajstić information content (AvgIpc) is 2.48. The van der Waals surface area contributed by atoms with Gasteiger partial charge in [0.2, 0.25) is 0 Å². The molecule has 7 heteroatoms. The molecule has 0 saturated heterocycles. The standard InChI is InChI=1S/C14H10BrClN2O3/c15-8-2-1-3-17-13(8)14(19)18-10-7-12-11(6-9(10)16)20-4-5-21-12/h1-3,6-7H,4-5H2,(H,18,19). The summed E-state index contributed by atoms with van der Waals surface area (Å²) >= 11 is 9.44. The highest BCUT2D eigenvalue weighted by atomic mass is 79.9. The zero-order valence-corrected chi connectivity index (χ0v) is 13.1. The minimum absolute atomic E-state index is 0.281. The molecule has 21 heavy (non-hydrogen) atoms. The Balaban J connectivity index is 1.88. The molecule has 3 rings (SSSR count). The number of nitrogens with one attached hydrogen (secondary N) is 1. The Bertz CT molecular complexity index is 709. The first kappa shape index (κ1) is 14.2. The van der Waals surface area contributed by atoms with Gasteiger partial charge in [-0.25, -0.2) is 4.98 Å². The highest BCUT2D eigenvalue weighted by molar-refractivity contribution is 9.10. The van der Waals surface area contributed by atoms with Crippen molar-refractivity contribution in [3.63, 3.8) is 0 Å². The number of rotatable bonds is 2. The number of aromatic nitrogens is 1. The molecule has 0 saturated carbocycles. The first-order valence-electron chi connectivity index (χ1n) is 6.16. The van der Waals surface area contributed by atoms with Crippen molar-refractivity contribution < 1.29 is 14.3 Å². The van der Waals surface area contributed by atoms with E-state index in [0.717, 1.165) is 0 Å². The third kappa shape index (κ3) is 2.96. The van der Waals surface area contributed by atoms with E-state index in [0.29, 0.717) is 39.9 Å². The second kappa shape index (κ2) is 5.91. The molecular weight excluding hydrogens is 360 g/mol. The Hall–Kier alpha value is -1.79. The van der Waals surface area contributed by atoms with E-state index < -0.39 is 0 Å². The molecule has 0 radical (unpaired) electrons. The van der Waals surface area contributed by atoms with Crippen LogP contribution in [0.2, 0.25) is 5.02 Å². The highest BCUT2D eigenvalue weighted by Gasteiger charge is 2.18. The number of hydrogen-bond donors (Lipinski definition) is 1. The van der Waals surface area contributed by atoms with Crippen LogP contribution in [0.25, 0.3) is 0 Å². The second-order valence-corrected chi connectivity index (χ2v) is 5.53. The third-order valence-corrected chi connectivity index (χ3v) is 3.81. The Morgan fingerprint density at radius 1 is 1.29 bits per heavy atom. The van der Waals surface area contributed by atoms with Crippen LogP contribution in [0.1, 0.15) is 10.5 Å². The maximum absolute atomic E-state index is 12.2. The molecule has 1 N–H and O–H groups in total. The molecule has 0 aliphatic carbocycles. The van der Waals surface area contributed by atoms with Gasteiger partial charge in [0.05, 0.1) is 10.7 Å². The van der Waals surface area contributed by atoms with E-state index in [1.807, 2.05) is 0 Å². The predicted molar refractivity (Wildman–Crippen MR) is 82.3 cm³/mol. The van der Waals surface area contributed by atoms with Crippen LogP contribution in [0, 0.1) is 0 Å². The summed E-state index contributed by atoms with van der Waals surface area (Å²) in [7, 11) is 0. The second-order valence-electron chi connectivity index (χ2n) is 4.26. The van der Waals surface area contributed by atoms with Gasteiger partial charge in [-0.2, -0.15) is 0 Å². The molecule has 5 nitrogen and oxygen atoms in total. The Morgan fingerprint density at radius 3 is 2.71 bits per heavy atom. The summed E-state index contributed by atoms with van der Waals surface area (Å²) in [5, 5.41) is 3.09. The van der Waals surface area contributed by atoms with Crippen molar-refractivity contribution in [2.45, 2.75) is 0 Å². The maximum Gasteiger partial charge on any atom is 0.275 e. The van der Waals surface area contributed by atoms with Crippen molar-refractivity contribution in [2.75, 3.05) is 18.5 Å². The number of carbonyl (C=O) groups is 1. The van der Waals surface area contributed by atoms with Gasteiger partial charge in [0.1, 0.15) is 18.9 Å². The highest BCUT2D eigenvalue weighted by Crippen LogP contribution is 2.38. The largest absolute Gasteiger partial charge is 0.486 e. The van der Waals surface area contributed by atoms with E-state index in [2.05, 4.69) is 26.2 Å². The van der Waals surface area contributed by atoms with Crippen LogP contribution in [-0.4, -0.2) is 24.1 Å². The number of amides is 1. The Labute approximate surface area is 134 Å². The number of benzene rings is 1. The van der Waals surface area contributed by atoms with Crippen molar-refractivity contribution in [3.8, 4) is 11.5 Å². The molecule has 0 bridgehead atoms. The fourth-order valence-corrected chi connectivity index (χ4v) is 2.53. The fraction of sp³-hybridized carbons (Fsp3) is 0.143. The number of ether oxygens (including phenoxy) is 2. The SMILES string of the molecule is O=C(Nc1cc2c(cc1Cl)OCCO2)c1ncccc1Br. The first-order valence-corrected chi connectivity index (χ1v) is 7.33. The van der Waals surface area contributed by atoms with Crippen LogP contribution in [0.15, 0.2) is 34.9 Å². The van der Waals surface area contributed by atoms with E-state index in [9.17, 15) is 4.79 Å². The van der Waals surface area contributed by atoms with E-state index in [1.165, 1.54) is 0 Å². The summed E-state index contributed by atoms with van der Waals surface area (Å²) in [5.41, 5.74) is 0.729. The summed E-state index contributed by atoms with van der Waals surface area (Å²) in [6.07, 6.45) is 1.55. The number of pyridine rings is 1. The van der Waals surface area contributed by atoms with Crippen molar-refractivity contribution in [1.82, 2.24) is 4.98 Å². The van der Waals surface area contributed by atoms with Gasteiger partial charge < -0.3 is 14.8 Å². The van der Waals surface area contributed by atoms with Crippen LogP contribution >= 0.6 is 27.5 Å². The topological polar surface area (TPSA) is 60.5 Å². The molecule has 0 fully saturated rings. The molecule has 1 amide bonds. The molecule has 0 atom stereocenters. The van der Waals surface area contributed by atoms with Gasteiger partial charge in [0.25, 0.3) is 5.91 Å². The van der Waals surface area contributed by atoms with Crippen LogP contribution in [0.5, 0.6) is 11.5 Å². The van der Waals surface area contributed by atoms with Crippen LogP contribution < -0.4 is 14.8 Å². The molecule has 2 aromatic rings. The summed E-state index contributed by atoms with van der Waals surface area (Å²) in [4.78, 5) is 16.3. The molecule has 1 aromatic heterocycles. The lowest BCUT2D eigenvalue weighted by Gasteiger charge is -2.20. The van der Waals surface area contributed by atoms with Crippen LogP contribution in [-0.2, 0) is 0 Å². The molecule has 0 unspecified atom stereocenters. The Kier molecular flexibility index (Phi) is 3.98. The van der Waals surface area contributed by atoms with E-state index in [1.54, 1.807) is 30.5 Å². The van der Waals surface area contributed by atoms with Crippen molar-refractivity contribution in [3.05, 3.63) is 45.7 Å². The first-order chi connectivity index (χ1) is 10.1. The quantitative estimate of drug-likeness (QED) is 0.880.